The molecule has 176 valence electrons. The second kappa shape index (κ2) is 10.3. The largest absolute Gasteiger partial charge is 0.343 e. The monoisotopic (exact) mass is 461 g/mol. The number of carbonyl (C=O) groups is 3. The lowest BCUT2D eigenvalue weighted by Gasteiger charge is -2.31. The van der Waals surface area contributed by atoms with E-state index in [1.165, 1.54) is 6.92 Å². The third-order valence-corrected chi connectivity index (χ3v) is 5.74. The fourth-order valence-electron chi connectivity index (χ4n) is 3.90. The van der Waals surface area contributed by atoms with Crippen LogP contribution in [0.15, 0.2) is 53.1 Å². The highest BCUT2D eigenvalue weighted by Gasteiger charge is 2.29. The topological polar surface area (TPSA) is 117 Å². The number of aryl methyl sites for hydroxylation is 1. The van der Waals surface area contributed by atoms with Crippen LogP contribution >= 0.6 is 0 Å². The SMILES string of the molecule is CC(=O)Nc1ccc(-c2noc([C@H]3CCCN(C(=O)CNC(=O)c4ccc(C)cc4)C3)n2)cc1. The molecule has 1 aromatic heterocycles. The predicted octanol–water partition coefficient (Wildman–Crippen LogP) is 3.14. The van der Waals surface area contributed by atoms with Gasteiger partial charge in [-0.3, -0.25) is 14.4 Å². The van der Waals surface area contributed by atoms with Crippen LogP contribution in [0.5, 0.6) is 0 Å². The first kappa shape index (κ1) is 23.2. The fourth-order valence-corrected chi connectivity index (χ4v) is 3.90. The molecule has 2 N–H and O–H groups in total. The number of hydrogen-bond donors (Lipinski definition) is 2. The predicted molar refractivity (Wildman–Crippen MR) is 126 cm³/mol. The summed E-state index contributed by atoms with van der Waals surface area (Å²) in [7, 11) is 0. The van der Waals surface area contributed by atoms with Gasteiger partial charge in [-0.25, -0.2) is 0 Å². The molecule has 0 aliphatic carbocycles. The van der Waals surface area contributed by atoms with Gasteiger partial charge in [-0.15, -0.1) is 0 Å². The van der Waals surface area contributed by atoms with Crippen molar-refractivity contribution >= 4 is 23.4 Å². The van der Waals surface area contributed by atoms with Gasteiger partial charge in [-0.2, -0.15) is 4.98 Å². The number of benzene rings is 2. The Hall–Kier alpha value is -4.01. The second-order valence-corrected chi connectivity index (χ2v) is 8.44. The molecule has 1 atom stereocenters. The van der Waals surface area contributed by atoms with Gasteiger partial charge >= 0.3 is 0 Å². The Morgan fingerprint density at radius 1 is 1.09 bits per heavy atom. The molecule has 0 unspecified atom stereocenters. The maximum atomic E-state index is 12.7. The van der Waals surface area contributed by atoms with Gasteiger partial charge in [0.05, 0.1) is 12.5 Å². The summed E-state index contributed by atoms with van der Waals surface area (Å²) >= 11 is 0. The van der Waals surface area contributed by atoms with Crippen LogP contribution in [0.3, 0.4) is 0 Å². The van der Waals surface area contributed by atoms with E-state index >= 15 is 0 Å². The van der Waals surface area contributed by atoms with Crippen LogP contribution in [0.1, 0.15) is 47.5 Å². The molecule has 9 heteroatoms. The Morgan fingerprint density at radius 3 is 2.53 bits per heavy atom. The van der Waals surface area contributed by atoms with E-state index in [1.54, 1.807) is 29.2 Å². The maximum absolute atomic E-state index is 12.7. The first-order chi connectivity index (χ1) is 16.4. The molecule has 34 heavy (non-hydrogen) atoms. The van der Waals surface area contributed by atoms with Gasteiger partial charge in [-0.1, -0.05) is 22.9 Å². The summed E-state index contributed by atoms with van der Waals surface area (Å²) in [6.45, 7) is 4.43. The number of nitrogens with one attached hydrogen (secondary N) is 2. The summed E-state index contributed by atoms with van der Waals surface area (Å²) in [4.78, 5) is 42.5. The van der Waals surface area contributed by atoms with Crippen molar-refractivity contribution in [3.8, 4) is 11.4 Å². The van der Waals surface area contributed by atoms with Crippen LogP contribution in [-0.4, -0.2) is 52.4 Å². The molecular weight excluding hydrogens is 434 g/mol. The van der Waals surface area contributed by atoms with Gasteiger partial charge in [0.2, 0.25) is 23.5 Å². The van der Waals surface area contributed by atoms with E-state index in [-0.39, 0.29) is 30.2 Å². The minimum Gasteiger partial charge on any atom is -0.343 e. The van der Waals surface area contributed by atoms with Crippen molar-refractivity contribution in [3.63, 3.8) is 0 Å². The number of anilines is 1. The molecule has 1 saturated heterocycles. The van der Waals surface area contributed by atoms with Gasteiger partial charge < -0.3 is 20.1 Å². The smallest absolute Gasteiger partial charge is 0.251 e. The lowest BCUT2D eigenvalue weighted by molar-refractivity contribution is -0.131. The van der Waals surface area contributed by atoms with Crippen molar-refractivity contribution in [1.29, 1.82) is 0 Å². The molecule has 9 nitrogen and oxygen atoms in total. The summed E-state index contributed by atoms with van der Waals surface area (Å²) in [5.74, 6) is 0.331. The van der Waals surface area contributed by atoms with Crippen molar-refractivity contribution < 1.29 is 18.9 Å². The fraction of sp³-hybridized carbons (Fsp3) is 0.320. The second-order valence-electron chi connectivity index (χ2n) is 8.44. The molecule has 0 saturated carbocycles. The molecule has 1 aliphatic rings. The lowest BCUT2D eigenvalue weighted by Crippen LogP contribution is -2.44. The quantitative estimate of drug-likeness (QED) is 0.582. The van der Waals surface area contributed by atoms with Gasteiger partial charge in [0.1, 0.15) is 0 Å². The summed E-state index contributed by atoms with van der Waals surface area (Å²) in [5, 5.41) is 9.51. The first-order valence-corrected chi connectivity index (χ1v) is 11.2. The summed E-state index contributed by atoms with van der Waals surface area (Å²) in [6.07, 6.45) is 1.65. The average Bonchev–Trinajstić information content (AvgIpc) is 3.33. The summed E-state index contributed by atoms with van der Waals surface area (Å²) in [5.41, 5.74) is 3.05. The van der Waals surface area contributed by atoms with Gasteiger partial charge in [0.15, 0.2) is 0 Å². The van der Waals surface area contributed by atoms with E-state index in [0.717, 1.165) is 24.0 Å². The number of hydrogen-bond acceptors (Lipinski definition) is 6. The number of aromatic nitrogens is 2. The van der Waals surface area contributed by atoms with Crippen LogP contribution in [-0.2, 0) is 9.59 Å². The van der Waals surface area contributed by atoms with E-state index in [9.17, 15) is 14.4 Å². The lowest BCUT2D eigenvalue weighted by atomic mass is 9.98. The molecule has 0 radical (unpaired) electrons. The molecule has 0 spiro atoms. The Bertz CT molecular complexity index is 1170. The molecule has 4 rings (SSSR count). The van der Waals surface area contributed by atoms with E-state index < -0.39 is 0 Å². The Kier molecular flexibility index (Phi) is 7.01. The van der Waals surface area contributed by atoms with Gasteiger partial charge in [0, 0.05) is 36.8 Å². The van der Waals surface area contributed by atoms with Crippen LogP contribution in [0, 0.1) is 6.92 Å². The van der Waals surface area contributed by atoms with E-state index in [0.29, 0.717) is 36.1 Å². The van der Waals surface area contributed by atoms with Crippen LogP contribution in [0.25, 0.3) is 11.4 Å². The number of rotatable bonds is 6. The highest BCUT2D eigenvalue weighted by molar-refractivity contribution is 5.96. The zero-order valence-electron chi connectivity index (χ0n) is 19.2. The highest BCUT2D eigenvalue weighted by Crippen LogP contribution is 2.28. The van der Waals surface area contributed by atoms with Crippen LogP contribution in [0.4, 0.5) is 5.69 Å². The molecule has 1 fully saturated rings. The molecule has 2 aromatic carbocycles. The molecular formula is C25H27N5O4. The minimum absolute atomic E-state index is 0.0604. The summed E-state index contributed by atoms with van der Waals surface area (Å²) in [6, 6.07) is 14.4. The average molecular weight is 462 g/mol. The normalized spacial score (nSPS) is 15.6. The van der Waals surface area contributed by atoms with Crippen molar-refractivity contribution in [1.82, 2.24) is 20.4 Å². The van der Waals surface area contributed by atoms with Gasteiger partial charge in [-0.05, 0) is 56.2 Å². The van der Waals surface area contributed by atoms with Crippen molar-refractivity contribution in [2.24, 2.45) is 0 Å². The highest BCUT2D eigenvalue weighted by atomic mass is 16.5. The Balaban J connectivity index is 1.34. The Morgan fingerprint density at radius 2 is 1.82 bits per heavy atom. The van der Waals surface area contributed by atoms with Crippen molar-refractivity contribution in [2.75, 3.05) is 25.0 Å². The van der Waals surface area contributed by atoms with Crippen molar-refractivity contribution in [3.05, 3.63) is 65.5 Å². The summed E-state index contributed by atoms with van der Waals surface area (Å²) < 4.78 is 5.51. The molecule has 2 heterocycles. The van der Waals surface area contributed by atoms with E-state index in [4.69, 9.17) is 4.52 Å². The van der Waals surface area contributed by atoms with E-state index in [2.05, 4.69) is 20.8 Å². The number of nitrogens with zero attached hydrogens (tertiary/aromatic N) is 3. The number of piperidine rings is 1. The van der Waals surface area contributed by atoms with Crippen molar-refractivity contribution in [2.45, 2.75) is 32.6 Å². The minimum atomic E-state index is -0.270. The molecule has 0 bridgehead atoms. The maximum Gasteiger partial charge on any atom is 0.251 e. The third kappa shape index (κ3) is 5.67. The standard InChI is InChI=1S/C25H27N5O4/c1-16-5-7-19(8-6-16)24(33)26-14-22(32)30-13-3-4-20(15-30)25-28-23(29-34-25)18-9-11-21(12-10-18)27-17(2)31/h5-12,20H,3-4,13-15H2,1-2H3,(H,26,33)(H,27,31)/t20-/m0/s1. The Labute approximate surface area is 197 Å². The van der Waals surface area contributed by atoms with Crippen LogP contribution in [0.2, 0.25) is 0 Å². The first-order valence-electron chi connectivity index (χ1n) is 11.2. The number of carbonyl (C=O) groups excluding carboxylic acids is 3. The van der Waals surface area contributed by atoms with Gasteiger partial charge in [0.25, 0.3) is 5.91 Å². The number of likely N-dealkylation sites (tertiary alicyclic amines) is 1. The zero-order valence-corrected chi connectivity index (χ0v) is 19.2. The number of amides is 3. The van der Waals surface area contributed by atoms with Crippen LogP contribution < -0.4 is 10.6 Å². The molecule has 1 aliphatic heterocycles. The molecule has 3 amide bonds. The molecule has 3 aromatic rings. The third-order valence-electron chi connectivity index (χ3n) is 5.74. The zero-order chi connectivity index (χ0) is 24.1. The van der Waals surface area contributed by atoms with E-state index in [1.807, 2.05) is 31.2 Å².